The van der Waals surface area contributed by atoms with Gasteiger partial charge in [-0.1, -0.05) is 28.1 Å². The fraction of sp³-hybridized carbons (Fsp3) is 0.364. The zero-order valence-electron chi connectivity index (χ0n) is 8.88. The lowest BCUT2D eigenvalue weighted by molar-refractivity contribution is -0.122. The highest BCUT2D eigenvalue weighted by molar-refractivity contribution is 9.10. The minimum absolute atomic E-state index is 0.0143. The zero-order valence-corrected chi connectivity index (χ0v) is 10.5. The van der Waals surface area contributed by atoms with Gasteiger partial charge in [0.2, 0.25) is 5.91 Å². The van der Waals surface area contributed by atoms with E-state index in [1.807, 2.05) is 31.2 Å². The number of carbonyl (C=O) groups excluding carboxylic acids is 1. The van der Waals surface area contributed by atoms with Crippen molar-refractivity contribution in [3.05, 3.63) is 34.3 Å². The summed E-state index contributed by atoms with van der Waals surface area (Å²) in [5.41, 5.74) is 1.09. The van der Waals surface area contributed by atoms with Crippen molar-refractivity contribution in [1.82, 2.24) is 10.6 Å². The third-order valence-electron chi connectivity index (χ3n) is 2.21. The molecule has 0 radical (unpaired) electrons. The van der Waals surface area contributed by atoms with Gasteiger partial charge in [-0.3, -0.25) is 4.79 Å². The summed E-state index contributed by atoms with van der Waals surface area (Å²) in [4.78, 5) is 11.4. The van der Waals surface area contributed by atoms with Crippen LogP contribution in [0.2, 0.25) is 0 Å². The molecule has 1 aromatic rings. The second-order valence-electron chi connectivity index (χ2n) is 3.35. The van der Waals surface area contributed by atoms with Crippen molar-refractivity contribution in [2.45, 2.75) is 19.5 Å². The van der Waals surface area contributed by atoms with Gasteiger partial charge in [0.15, 0.2) is 0 Å². The first-order valence-corrected chi connectivity index (χ1v) is 5.62. The number of halogens is 1. The number of benzene rings is 1. The summed E-state index contributed by atoms with van der Waals surface area (Å²) in [6, 6.07) is 7.73. The molecule has 3 nitrogen and oxygen atoms in total. The number of hydrogen-bond acceptors (Lipinski definition) is 2. The van der Waals surface area contributed by atoms with Gasteiger partial charge in [0.1, 0.15) is 0 Å². The molecule has 1 aromatic carbocycles. The van der Waals surface area contributed by atoms with Crippen LogP contribution < -0.4 is 10.6 Å². The molecular formula is C11H15BrN2O. The highest BCUT2D eigenvalue weighted by Crippen LogP contribution is 2.10. The van der Waals surface area contributed by atoms with Crippen LogP contribution in [0.25, 0.3) is 0 Å². The second-order valence-corrected chi connectivity index (χ2v) is 4.27. The van der Waals surface area contributed by atoms with Crippen molar-refractivity contribution >= 4 is 21.8 Å². The van der Waals surface area contributed by atoms with Crippen molar-refractivity contribution in [1.29, 1.82) is 0 Å². The molecular weight excluding hydrogens is 256 g/mol. The quantitative estimate of drug-likeness (QED) is 0.874. The van der Waals surface area contributed by atoms with Crippen molar-refractivity contribution in [3.63, 3.8) is 0 Å². The van der Waals surface area contributed by atoms with Gasteiger partial charge in [-0.2, -0.15) is 0 Å². The summed E-state index contributed by atoms with van der Waals surface area (Å²) >= 11 is 3.36. The van der Waals surface area contributed by atoms with Crippen LogP contribution in [0, 0.1) is 0 Å². The molecule has 0 saturated heterocycles. The Morgan fingerprint density at radius 3 is 2.53 bits per heavy atom. The van der Waals surface area contributed by atoms with Gasteiger partial charge in [-0.25, -0.2) is 0 Å². The van der Waals surface area contributed by atoms with E-state index in [0.29, 0.717) is 6.54 Å². The van der Waals surface area contributed by atoms with Crippen LogP contribution in [-0.4, -0.2) is 19.0 Å². The predicted molar refractivity (Wildman–Crippen MR) is 64.5 cm³/mol. The molecule has 1 atom stereocenters. The van der Waals surface area contributed by atoms with Gasteiger partial charge in [-0.05, 0) is 31.7 Å². The Kier molecular flexibility index (Phi) is 4.78. The van der Waals surface area contributed by atoms with E-state index in [0.717, 1.165) is 10.0 Å². The highest BCUT2D eigenvalue weighted by atomic mass is 79.9. The van der Waals surface area contributed by atoms with Crippen molar-refractivity contribution in [2.24, 2.45) is 0 Å². The summed E-state index contributed by atoms with van der Waals surface area (Å²) in [5.74, 6) is 0.0143. The van der Waals surface area contributed by atoms with Crippen LogP contribution in [0.15, 0.2) is 28.7 Å². The molecule has 0 heterocycles. The molecule has 15 heavy (non-hydrogen) atoms. The average molecular weight is 271 g/mol. The van der Waals surface area contributed by atoms with E-state index < -0.39 is 0 Å². The van der Waals surface area contributed by atoms with Crippen LogP contribution in [0.3, 0.4) is 0 Å². The first-order valence-electron chi connectivity index (χ1n) is 4.83. The molecule has 0 fully saturated rings. The van der Waals surface area contributed by atoms with E-state index in [-0.39, 0.29) is 11.9 Å². The largest absolute Gasteiger partial charge is 0.351 e. The lowest BCUT2D eigenvalue weighted by atomic mass is 10.2. The van der Waals surface area contributed by atoms with Crippen LogP contribution in [0.4, 0.5) is 0 Å². The van der Waals surface area contributed by atoms with Gasteiger partial charge in [-0.15, -0.1) is 0 Å². The maximum Gasteiger partial charge on any atom is 0.237 e. The maximum atomic E-state index is 11.4. The third kappa shape index (κ3) is 4.01. The topological polar surface area (TPSA) is 41.1 Å². The molecule has 0 bridgehead atoms. The lowest BCUT2D eigenvalue weighted by Crippen LogP contribution is -2.39. The number of likely N-dealkylation sites (N-methyl/N-ethyl adjacent to an activating group) is 1. The van der Waals surface area contributed by atoms with Crippen LogP contribution in [0.5, 0.6) is 0 Å². The Balaban J connectivity index is 2.43. The Morgan fingerprint density at radius 1 is 1.40 bits per heavy atom. The molecule has 0 aliphatic carbocycles. The number of rotatable bonds is 4. The molecule has 0 aromatic heterocycles. The minimum Gasteiger partial charge on any atom is -0.351 e. The monoisotopic (exact) mass is 270 g/mol. The Hall–Kier alpha value is -0.870. The van der Waals surface area contributed by atoms with E-state index in [1.54, 1.807) is 7.05 Å². The van der Waals surface area contributed by atoms with Gasteiger partial charge < -0.3 is 10.6 Å². The Labute approximate surface area is 98.4 Å². The van der Waals surface area contributed by atoms with E-state index in [1.165, 1.54) is 0 Å². The van der Waals surface area contributed by atoms with Gasteiger partial charge in [0.25, 0.3) is 0 Å². The van der Waals surface area contributed by atoms with E-state index >= 15 is 0 Å². The lowest BCUT2D eigenvalue weighted by Gasteiger charge is -2.10. The Morgan fingerprint density at radius 2 is 2.00 bits per heavy atom. The maximum absolute atomic E-state index is 11.4. The summed E-state index contributed by atoms with van der Waals surface area (Å²) < 4.78 is 1.04. The van der Waals surface area contributed by atoms with Crippen LogP contribution >= 0.6 is 15.9 Å². The molecule has 0 aliphatic heterocycles. The molecule has 4 heteroatoms. The van der Waals surface area contributed by atoms with Crippen LogP contribution in [0.1, 0.15) is 12.5 Å². The predicted octanol–water partition coefficient (Wildman–Crippen LogP) is 1.67. The van der Waals surface area contributed by atoms with E-state index in [4.69, 9.17) is 0 Å². The number of nitrogens with one attached hydrogen (secondary N) is 2. The smallest absolute Gasteiger partial charge is 0.237 e. The minimum atomic E-state index is -0.152. The molecule has 1 amide bonds. The van der Waals surface area contributed by atoms with Crippen molar-refractivity contribution in [3.8, 4) is 0 Å². The van der Waals surface area contributed by atoms with Crippen molar-refractivity contribution < 1.29 is 4.79 Å². The fourth-order valence-electron chi connectivity index (χ4n) is 1.08. The molecule has 0 aliphatic rings. The summed E-state index contributed by atoms with van der Waals surface area (Å²) in [7, 11) is 1.77. The zero-order chi connectivity index (χ0) is 11.3. The second kappa shape index (κ2) is 5.88. The van der Waals surface area contributed by atoms with Crippen LogP contribution in [-0.2, 0) is 11.3 Å². The Bertz CT molecular complexity index is 324. The molecule has 0 spiro atoms. The highest BCUT2D eigenvalue weighted by Gasteiger charge is 2.08. The fourth-order valence-corrected chi connectivity index (χ4v) is 1.34. The first-order chi connectivity index (χ1) is 7.13. The normalized spacial score (nSPS) is 12.2. The summed E-state index contributed by atoms with van der Waals surface area (Å²) in [5, 5.41) is 5.74. The summed E-state index contributed by atoms with van der Waals surface area (Å²) in [6.45, 7) is 2.40. The number of hydrogen-bond donors (Lipinski definition) is 2. The van der Waals surface area contributed by atoms with Crippen molar-refractivity contribution in [2.75, 3.05) is 7.05 Å². The average Bonchev–Trinajstić information content (AvgIpc) is 2.26. The molecule has 82 valence electrons. The van der Waals surface area contributed by atoms with Gasteiger partial charge in [0.05, 0.1) is 6.04 Å². The molecule has 1 rings (SSSR count). The van der Waals surface area contributed by atoms with Gasteiger partial charge >= 0.3 is 0 Å². The number of carbonyl (C=O) groups is 1. The van der Waals surface area contributed by atoms with Gasteiger partial charge in [0, 0.05) is 11.0 Å². The van der Waals surface area contributed by atoms with E-state index in [9.17, 15) is 4.79 Å². The molecule has 1 unspecified atom stereocenters. The SMILES string of the molecule is CNC(C)C(=O)NCc1ccc(Br)cc1. The summed E-state index contributed by atoms with van der Waals surface area (Å²) in [6.07, 6.45) is 0. The van der Waals surface area contributed by atoms with E-state index in [2.05, 4.69) is 26.6 Å². The molecule has 0 saturated carbocycles. The third-order valence-corrected chi connectivity index (χ3v) is 2.73. The molecule has 2 N–H and O–H groups in total. The standard InChI is InChI=1S/C11H15BrN2O/c1-8(13-2)11(15)14-7-9-3-5-10(12)6-4-9/h3-6,8,13H,7H2,1-2H3,(H,14,15). The number of amides is 1. The first kappa shape index (κ1) is 12.2.